The minimum atomic E-state index is -0.279. The molecular weight excluding hydrogens is 316 g/mol. The first-order valence-electron chi connectivity index (χ1n) is 8.05. The van der Waals surface area contributed by atoms with Crippen LogP contribution in [0.25, 0.3) is 33.2 Å². The van der Waals surface area contributed by atoms with Crippen LogP contribution in [0.4, 0.5) is 8.78 Å². The lowest BCUT2D eigenvalue weighted by Gasteiger charge is -2.16. The second kappa shape index (κ2) is 6.10. The standard InChI is InChI=1S/C22H15F2N/c1-14-21(15-6-10-17(23)11-7-15)22(16-8-12-18(24)13-9-16)19-4-2-3-5-20(19)25-14/h2-13H,1H3. The van der Waals surface area contributed by atoms with Gasteiger partial charge in [0.2, 0.25) is 0 Å². The van der Waals surface area contributed by atoms with Gasteiger partial charge in [-0.25, -0.2) is 8.78 Å². The molecule has 1 aromatic heterocycles. The van der Waals surface area contributed by atoms with E-state index in [1.807, 2.05) is 31.2 Å². The first-order valence-corrected chi connectivity index (χ1v) is 8.05. The number of fused-ring (bicyclic) bond motifs is 1. The van der Waals surface area contributed by atoms with E-state index in [0.29, 0.717) is 0 Å². The highest BCUT2D eigenvalue weighted by Crippen LogP contribution is 2.39. The number of halogens is 2. The molecule has 0 bridgehead atoms. The largest absolute Gasteiger partial charge is 0.252 e. The van der Waals surface area contributed by atoms with Crippen molar-refractivity contribution in [3.63, 3.8) is 0 Å². The fourth-order valence-electron chi connectivity index (χ4n) is 3.22. The number of aryl methyl sites for hydroxylation is 1. The van der Waals surface area contributed by atoms with Gasteiger partial charge in [0.1, 0.15) is 11.6 Å². The van der Waals surface area contributed by atoms with Crippen molar-refractivity contribution in [1.82, 2.24) is 4.98 Å². The van der Waals surface area contributed by atoms with Crippen molar-refractivity contribution >= 4 is 10.9 Å². The summed E-state index contributed by atoms with van der Waals surface area (Å²) in [5.74, 6) is -0.555. The van der Waals surface area contributed by atoms with Gasteiger partial charge in [-0.15, -0.1) is 0 Å². The molecule has 0 spiro atoms. The fraction of sp³-hybridized carbons (Fsp3) is 0.0455. The molecule has 3 heteroatoms. The molecule has 25 heavy (non-hydrogen) atoms. The van der Waals surface area contributed by atoms with Gasteiger partial charge in [0, 0.05) is 22.2 Å². The zero-order chi connectivity index (χ0) is 17.4. The average molecular weight is 331 g/mol. The molecule has 0 radical (unpaired) electrons. The van der Waals surface area contributed by atoms with Gasteiger partial charge in [-0.3, -0.25) is 4.98 Å². The van der Waals surface area contributed by atoms with Gasteiger partial charge < -0.3 is 0 Å². The lowest BCUT2D eigenvalue weighted by molar-refractivity contribution is 0.627. The van der Waals surface area contributed by atoms with E-state index in [4.69, 9.17) is 4.98 Å². The summed E-state index contributed by atoms with van der Waals surface area (Å²) in [5.41, 5.74) is 5.44. The normalized spacial score (nSPS) is 11.0. The van der Waals surface area contributed by atoms with Crippen LogP contribution in [-0.4, -0.2) is 4.98 Å². The second-order valence-corrected chi connectivity index (χ2v) is 5.98. The number of rotatable bonds is 2. The maximum atomic E-state index is 13.4. The van der Waals surface area contributed by atoms with Gasteiger partial charge in [-0.1, -0.05) is 42.5 Å². The zero-order valence-electron chi connectivity index (χ0n) is 13.6. The molecule has 0 aliphatic carbocycles. The quantitative estimate of drug-likeness (QED) is 0.429. The molecule has 0 saturated heterocycles. The number of pyridine rings is 1. The molecule has 122 valence electrons. The van der Waals surface area contributed by atoms with Crippen LogP contribution in [0.15, 0.2) is 72.8 Å². The van der Waals surface area contributed by atoms with Gasteiger partial charge in [0.15, 0.2) is 0 Å². The Morgan fingerprint density at radius 2 is 1.16 bits per heavy atom. The molecule has 0 amide bonds. The average Bonchev–Trinajstić information content (AvgIpc) is 2.62. The highest BCUT2D eigenvalue weighted by Gasteiger charge is 2.16. The Bertz CT molecular complexity index is 1050. The molecular formula is C22H15F2N. The molecule has 0 aliphatic rings. The monoisotopic (exact) mass is 331 g/mol. The lowest BCUT2D eigenvalue weighted by atomic mass is 9.90. The van der Waals surface area contributed by atoms with E-state index in [-0.39, 0.29) is 11.6 Å². The molecule has 0 fully saturated rings. The summed E-state index contributed by atoms with van der Waals surface area (Å²) < 4.78 is 26.8. The Morgan fingerprint density at radius 1 is 0.640 bits per heavy atom. The first kappa shape index (κ1) is 15.5. The highest BCUT2D eigenvalue weighted by atomic mass is 19.1. The van der Waals surface area contributed by atoms with Gasteiger partial charge in [0.05, 0.1) is 5.52 Å². The fourth-order valence-corrected chi connectivity index (χ4v) is 3.22. The smallest absolute Gasteiger partial charge is 0.123 e. The predicted octanol–water partition coefficient (Wildman–Crippen LogP) is 6.16. The van der Waals surface area contributed by atoms with Crippen LogP contribution in [0.2, 0.25) is 0 Å². The SMILES string of the molecule is Cc1nc2ccccc2c(-c2ccc(F)cc2)c1-c1ccc(F)cc1. The Balaban J connectivity index is 2.10. The minimum Gasteiger partial charge on any atom is -0.252 e. The van der Waals surface area contributed by atoms with Gasteiger partial charge in [0.25, 0.3) is 0 Å². The van der Waals surface area contributed by atoms with Gasteiger partial charge >= 0.3 is 0 Å². The number of benzene rings is 3. The summed E-state index contributed by atoms with van der Waals surface area (Å²) in [5, 5.41) is 0.985. The number of aromatic nitrogens is 1. The second-order valence-electron chi connectivity index (χ2n) is 5.98. The van der Waals surface area contributed by atoms with Crippen molar-refractivity contribution in [2.75, 3.05) is 0 Å². The minimum absolute atomic E-state index is 0.276. The van der Waals surface area contributed by atoms with Gasteiger partial charge in [-0.05, 0) is 48.4 Å². The topological polar surface area (TPSA) is 12.9 Å². The molecule has 1 nitrogen and oxygen atoms in total. The third-order valence-corrected chi connectivity index (χ3v) is 4.34. The maximum absolute atomic E-state index is 13.4. The van der Waals surface area contributed by atoms with Gasteiger partial charge in [-0.2, -0.15) is 0 Å². The predicted molar refractivity (Wildman–Crippen MR) is 97.3 cm³/mol. The van der Waals surface area contributed by atoms with Crippen LogP contribution in [0, 0.1) is 18.6 Å². The molecule has 3 aromatic carbocycles. The summed E-state index contributed by atoms with van der Waals surface area (Å²) in [7, 11) is 0. The van der Waals surface area contributed by atoms with E-state index < -0.39 is 0 Å². The van der Waals surface area contributed by atoms with Crippen LogP contribution >= 0.6 is 0 Å². The summed E-state index contributed by atoms with van der Waals surface area (Å²) in [6, 6.07) is 20.7. The Labute approximate surface area is 144 Å². The summed E-state index contributed by atoms with van der Waals surface area (Å²) in [6.07, 6.45) is 0. The third kappa shape index (κ3) is 2.78. The van der Waals surface area contributed by atoms with Crippen LogP contribution in [0.5, 0.6) is 0 Å². The first-order chi connectivity index (χ1) is 12.1. The van der Waals surface area contributed by atoms with Crippen molar-refractivity contribution in [2.45, 2.75) is 6.92 Å². The van der Waals surface area contributed by atoms with E-state index in [1.54, 1.807) is 24.3 Å². The molecule has 0 N–H and O–H groups in total. The molecule has 0 aliphatic heterocycles. The maximum Gasteiger partial charge on any atom is 0.123 e. The molecule has 0 atom stereocenters. The summed E-state index contributed by atoms with van der Waals surface area (Å²) >= 11 is 0. The van der Waals surface area contributed by atoms with Crippen molar-refractivity contribution in [3.8, 4) is 22.3 Å². The Kier molecular flexibility index (Phi) is 3.77. The van der Waals surface area contributed by atoms with Crippen LogP contribution in [0.1, 0.15) is 5.69 Å². The third-order valence-electron chi connectivity index (χ3n) is 4.34. The summed E-state index contributed by atoms with van der Waals surface area (Å²) in [4.78, 5) is 4.71. The van der Waals surface area contributed by atoms with Crippen molar-refractivity contribution < 1.29 is 8.78 Å². The number of para-hydroxylation sites is 1. The van der Waals surface area contributed by atoms with Crippen molar-refractivity contribution in [3.05, 3.63) is 90.1 Å². The lowest BCUT2D eigenvalue weighted by Crippen LogP contribution is -1.95. The Morgan fingerprint density at radius 3 is 1.76 bits per heavy atom. The molecule has 0 saturated carbocycles. The molecule has 1 heterocycles. The van der Waals surface area contributed by atoms with E-state index in [1.165, 1.54) is 24.3 Å². The molecule has 4 rings (SSSR count). The van der Waals surface area contributed by atoms with E-state index >= 15 is 0 Å². The van der Waals surface area contributed by atoms with Crippen LogP contribution in [-0.2, 0) is 0 Å². The zero-order valence-corrected chi connectivity index (χ0v) is 13.6. The number of hydrogen-bond acceptors (Lipinski definition) is 1. The Hall–Kier alpha value is -3.07. The van der Waals surface area contributed by atoms with Crippen molar-refractivity contribution in [1.29, 1.82) is 0 Å². The summed E-state index contributed by atoms with van der Waals surface area (Å²) in [6.45, 7) is 1.94. The molecule has 0 unspecified atom stereocenters. The van der Waals surface area contributed by atoms with Crippen LogP contribution in [0.3, 0.4) is 0 Å². The van der Waals surface area contributed by atoms with Crippen LogP contribution < -0.4 is 0 Å². The van der Waals surface area contributed by atoms with Crippen molar-refractivity contribution in [2.24, 2.45) is 0 Å². The number of hydrogen-bond donors (Lipinski definition) is 0. The van der Waals surface area contributed by atoms with E-state index in [2.05, 4.69) is 0 Å². The highest BCUT2D eigenvalue weighted by molar-refractivity contribution is 6.03. The van der Waals surface area contributed by atoms with E-state index in [0.717, 1.165) is 38.9 Å². The molecule has 4 aromatic rings. The number of nitrogens with zero attached hydrogens (tertiary/aromatic N) is 1. The van der Waals surface area contributed by atoms with E-state index in [9.17, 15) is 8.78 Å².